The number of anilines is 3. The predicted molar refractivity (Wildman–Crippen MR) is 104 cm³/mol. The fraction of sp³-hybridized carbons (Fsp3) is 0.579. The molecule has 0 bridgehead atoms. The molecular weight excluding hydrogens is 345 g/mol. The minimum atomic E-state index is -0.295. The predicted octanol–water partition coefficient (Wildman–Crippen LogP) is 2.20. The monoisotopic (exact) mass is 371 g/mol. The Hall–Kier alpha value is -2.51. The molecule has 2 aromatic heterocycles. The Bertz CT molecular complexity index is 799. The quantitative estimate of drug-likeness (QED) is 0.816. The molecule has 0 N–H and O–H groups in total. The molecule has 2 aromatic rings. The van der Waals surface area contributed by atoms with E-state index >= 15 is 0 Å². The lowest BCUT2D eigenvalue weighted by molar-refractivity contribution is 0.566. The van der Waals surface area contributed by atoms with E-state index in [1.54, 1.807) is 0 Å². The maximum Gasteiger partial charge on any atom is 0.227 e. The van der Waals surface area contributed by atoms with Gasteiger partial charge in [0.2, 0.25) is 5.95 Å². The zero-order valence-corrected chi connectivity index (χ0v) is 16.0. The van der Waals surface area contributed by atoms with Crippen molar-refractivity contribution >= 4 is 17.6 Å². The third kappa shape index (κ3) is 3.65. The number of rotatable bonds is 4. The molecule has 4 heterocycles. The first-order chi connectivity index (χ1) is 13.2. The van der Waals surface area contributed by atoms with Crippen LogP contribution in [0.3, 0.4) is 0 Å². The average molecular weight is 371 g/mol. The molecule has 2 aliphatic heterocycles. The van der Waals surface area contributed by atoms with E-state index in [4.69, 9.17) is 4.98 Å². The Balaban J connectivity index is 1.48. The molecule has 2 aliphatic rings. The summed E-state index contributed by atoms with van der Waals surface area (Å²) in [4.78, 5) is 24.1. The number of aryl methyl sites for hydroxylation is 2. The third-order valence-corrected chi connectivity index (χ3v) is 5.30. The second-order valence-electron chi connectivity index (χ2n) is 7.15. The molecule has 8 heteroatoms. The molecule has 0 spiro atoms. The van der Waals surface area contributed by atoms with Gasteiger partial charge in [-0.05, 0) is 26.2 Å². The average Bonchev–Trinajstić information content (AvgIpc) is 3.23. The largest absolute Gasteiger partial charge is 0.356 e. The Morgan fingerprint density at radius 3 is 2.33 bits per heavy atom. The van der Waals surface area contributed by atoms with Gasteiger partial charge in [-0.2, -0.15) is 4.98 Å². The Kier molecular flexibility index (Phi) is 5.05. The molecule has 0 aromatic carbocycles. The first kappa shape index (κ1) is 17.9. The number of hydrogen-bond donors (Lipinski definition) is 0. The summed E-state index contributed by atoms with van der Waals surface area (Å²) in [6, 6.07) is 2.06. The normalized spacial score (nSPS) is 17.7. The molecule has 0 unspecified atom stereocenters. The maximum atomic E-state index is 14.5. The first-order valence-corrected chi connectivity index (χ1v) is 9.75. The molecular formula is C19H26FN7. The van der Waals surface area contributed by atoms with Gasteiger partial charge in [-0.25, -0.2) is 19.3 Å². The molecule has 2 saturated heterocycles. The first-order valence-electron chi connectivity index (χ1n) is 9.75. The van der Waals surface area contributed by atoms with E-state index in [9.17, 15) is 4.39 Å². The number of piperazine rings is 1. The van der Waals surface area contributed by atoms with E-state index in [1.807, 2.05) is 18.7 Å². The fourth-order valence-corrected chi connectivity index (χ4v) is 3.77. The summed E-state index contributed by atoms with van der Waals surface area (Å²) < 4.78 is 14.5. The van der Waals surface area contributed by atoms with Gasteiger partial charge < -0.3 is 14.7 Å². The van der Waals surface area contributed by atoms with Crippen molar-refractivity contribution in [2.24, 2.45) is 0 Å². The van der Waals surface area contributed by atoms with Crippen molar-refractivity contribution in [2.75, 3.05) is 54.0 Å². The van der Waals surface area contributed by atoms with Gasteiger partial charge in [-0.15, -0.1) is 0 Å². The van der Waals surface area contributed by atoms with Crippen molar-refractivity contribution in [1.29, 1.82) is 0 Å². The summed E-state index contributed by atoms with van der Waals surface area (Å²) in [6.45, 7) is 8.92. The van der Waals surface area contributed by atoms with Crippen LogP contribution in [-0.4, -0.2) is 59.2 Å². The van der Waals surface area contributed by atoms with Crippen molar-refractivity contribution < 1.29 is 4.39 Å². The smallest absolute Gasteiger partial charge is 0.227 e. The summed E-state index contributed by atoms with van der Waals surface area (Å²) in [5.41, 5.74) is 1.46. The summed E-state index contributed by atoms with van der Waals surface area (Å²) in [6.07, 6.45) is 4.47. The van der Waals surface area contributed by atoms with Gasteiger partial charge in [-0.1, -0.05) is 6.92 Å². The number of hydrogen-bond acceptors (Lipinski definition) is 7. The molecule has 7 nitrogen and oxygen atoms in total. The lowest BCUT2D eigenvalue weighted by Crippen LogP contribution is -2.48. The highest BCUT2D eigenvalue weighted by Crippen LogP contribution is 2.24. The van der Waals surface area contributed by atoms with Crippen molar-refractivity contribution in [3.63, 3.8) is 0 Å². The van der Waals surface area contributed by atoms with Crippen molar-refractivity contribution in [1.82, 2.24) is 19.9 Å². The minimum Gasteiger partial charge on any atom is -0.356 e. The van der Waals surface area contributed by atoms with E-state index in [-0.39, 0.29) is 5.82 Å². The Labute approximate surface area is 159 Å². The standard InChI is InChI=1S/C19H26FN7/c1-3-15-17(20)18(22-13-21-15)26-8-10-27(11-9-26)19-23-14(2)12-16(24-19)25-6-4-5-7-25/h12-13H,3-11H2,1-2H3. The fourth-order valence-electron chi connectivity index (χ4n) is 3.77. The number of halogens is 1. The summed E-state index contributed by atoms with van der Waals surface area (Å²) in [5.74, 6) is 1.90. The lowest BCUT2D eigenvalue weighted by atomic mass is 10.2. The third-order valence-electron chi connectivity index (χ3n) is 5.30. The molecule has 0 aliphatic carbocycles. The highest BCUT2D eigenvalue weighted by molar-refractivity contribution is 5.48. The van der Waals surface area contributed by atoms with Gasteiger partial charge in [0.1, 0.15) is 12.1 Å². The van der Waals surface area contributed by atoms with Crippen LogP contribution in [0.15, 0.2) is 12.4 Å². The topological polar surface area (TPSA) is 61.3 Å². The highest BCUT2D eigenvalue weighted by atomic mass is 19.1. The van der Waals surface area contributed by atoms with Crippen LogP contribution >= 0.6 is 0 Å². The van der Waals surface area contributed by atoms with Crippen molar-refractivity contribution in [3.8, 4) is 0 Å². The van der Waals surface area contributed by atoms with Crippen LogP contribution in [0.2, 0.25) is 0 Å². The van der Waals surface area contributed by atoms with Gasteiger partial charge in [0.25, 0.3) is 0 Å². The molecule has 4 rings (SSSR count). The Morgan fingerprint density at radius 1 is 0.926 bits per heavy atom. The molecule has 2 fully saturated rings. The molecule has 27 heavy (non-hydrogen) atoms. The molecule has 0 saturated carbocycles. The second kappa shape index (κ2) is 7.62. The van der Waals surface area contributed by atoms with Crippen LogP contribution in [0.5, 0.6) is 0 Å². The van der Waals surface area contributed by atoms with Crippen LogP contribution < -0.4 is 14.7 Å². The van der Waals surface area contributed by atoms with Gasteiger partial charge >= 0.3 is 0 Å². The van der Waals surface area contributed by atoms with Gasteiger partial charge in [0.15, 0.2) is 11.6 Å². The molecule has 144 valence electrons. The van der Waals surface area contributed by atoms with Crippen LogP contribution in [0.1, 0.15) is 31.2 Å². The highest BCUT2D eigenvalue weighted by Gasteiger charge is 2.24. The van der Waals surface area contributed by atoms with E-state index < -0.39 is 0 Å². The van der Waals surface area contributed by atoms with Crippen LogP contribution in [-0.2, 0) is 6.42 Å². The van der Waals surface area contributed by atoms with E-state index in [0.717, 1.165) is 43.6 Å². The van der Waals surface area contributed by atoms with Crippen molar-refractivity contribution in [3.05, 3.63) is 29.6 Å². The SMILES string of the molecule is CCc1ncnc(N2CCN(c3nc(C)cc(N4CCCC4)n3)CC2)c1F. The van der Waals surface area contributed by atoms with E-state index in [1.165, 1.54) is 19.2 Å². The minimum absolute atomic E-state index is 0.295. The number of nitrogens with zero attached hydrogens (tertiary/aromatic N) is 7. The van der Waals surface area contributed by atoms with E-state index in [2.05, 4.69) is 30.8 Å². The van der Waals surface area contributed by atoms with Crippen LogP contribution in [0.4, 0.5) is 22.0 Å². The lowest BCUT2D eigenvalue weighted by Gasteiger charge is -2.36. The molecule has 0 amide bonds. The molecule has 0 radical (unpaired) electrons. The summed E-state index contributed by atoms with van der Waals surface area (Å²) >= 11 is 0. The van der Waals surface area contributed by atoms with Gasteiger partial charge in [0, 0.05) is 51.0 Å². The van der Waals surface area contributed by atoms with Crippen LogP contribution in [0, 0.1) is 12.7 Å². The summed E-state index contributed by atoms with van der Waals surface area (Å²) in [5, 5.41) is 0. The van der Waals surface area contributed by atoms with Crippen molar-refractivity contribution in [2.45, 2.75) is 33.1 Å². The van der Waals surface area contributed by atoms with Crippen LogP contribution in [0.25, 0.3) is 0 Å². The summed E-state index contributed by atoms with van der Waals surface area (Å²) in [7, 11) is 0. The Morgan fingerprint density at radius 2 is 1.63 bits per heavy atom. The van der Waals surface area contributed by atoms with E-state index in [0.29, 0.717) is 31.0 Å². The number of aromatic nitrogens is 4. The second-order valence-corrected chi connectivity index (χ2v) is 7.15. The van der Waals surface area contributed by atoms with Gasteiger partial charge in [-0.3, -0.25) is 0 Å². The zero-order valence-electron chi connectivity index (χ0n) is 16.0. The van der Waals surface area contributed by atoms with Gasteiger partial charge in [0.05, 0.1) is 5.69 Å². The maximum absolute atomic E-state index is 14.5. The molecule has 0 atom stereocenters. The zero-order chi connectivity index (χ0) is 18.8.